The van der Waals surface area contributed by atoms with E-state index in [9.17, 15) is 4.79 Å². The lowest BCUT2D eigenvalue weighted by Crippen LogP contribution is -2.12. The first kappa shape index (κ1) is 14.0. The van der Waals surface area contributed by atoms with E-state index >= 15 is 0 Å². The summed E-state index contributed by atoms with van der Waals surface area (Å²) in [6.45, 7) is 2.71. The summed E-state index contributed by atoms with van der Waals surface area (Å²) in [4.78, 5) is 10.5. The Bertz CT molecular complexity index is 583. The van der Waals surface area contributed by atoms with Crippen LogP contribution in [0.2, 0.25) is 0 Å². The third-order valence-corrected chi connectivity index (χ3v) is 2.73. The number of nitrogens with zero attached hydrogens (tertiary/aromatic N) is 4. The summed E-state index contributed by atoms with van der Waals surface area (Å²) in [7, 11) is 0. The molecule has 2 aromatic rings. The van der Waals surface area contributed by atoms with Gasteiger partial charge in [-0.3, -0.25) is 4.79 Å². The fourth-order valence-corrected chi connectivity index (χ4v) is 1.74. The van der Waals surface area contributed by atoms with E-state index in [-0.39, 0.29) is 13.0 Å². The zero-order valence-electron chi connectivity index (χ0n) is 11.2. The molecule has 0 radical (unpaired) electrons. The van der Waals surface area contributed by atoms with Gasteiger partial charge in [-0.2, -0.15) is 0 Å². The van der Waals surface area contributed by atoms with Crippen LogP contribution in [0.4, 0.5) is 0 Å². The number of carboxylic acids is 1. The number of aromatic nitrogens is 4. The second-order valence-corrected chi connectivity index (χ2v) is 4.38. The van der Waals surface area contributed by atoms with Crippen LogP contribution in [0.1, 0.15) is 17.8 Å². The van der Waals surface area contributed by atoms with Gasteiger partial charge >= 0.3 is 5.97 Å². The van der Waals surface area contributed by atoms with Crippen LogP contribution in [0.25, 0.3) is 0 Å². The van der Waals surface area contributed by atoms with Gasteiger partial charge in [-0.15, -0.1) is 5.10 Å². The van der Waals surface area contributed by atoms with Gasteiger partial charge in [0.1, 0.15) is 5.75 Å². The molecule has 0 fully saturated rings. The van der Waals surface area contributed by atoms with E-state index in [2.05, 4.69) is 15.5 Å². The second-order valence-electron chi connectivity index (χ2n) is 4.38. The Balaban J connectivity index is 1.85. The zero-order chi connectivity index (χ0) is 14.4. The molecule has 106 valence electrons. The van der Waals surface area contributed by atoms with Crippen LogP contribution in [0, 0.1) is 6.92 Å². The van der Waals surface area contributed by atoms with Crippen LogP contribution >= 0.6 is 0 Å². The minimum atomic E-state index is -0.873. The average molecular weight is 276 g/mol. The first-order chi connectivity index (χ1) is 9.65. The Morgan fingerprint density at radius 2 is 2.30 bits per heavy atom. The van der Waals surface area contributed by atoms with Crippen molar-refractivity contribution in [1.82, 2.24) is 20.2 Å². The lowest BCUT2D eigenvalue weighted by molar-refractivity contribution is -0.137. The maximum Gasteiger partial charge on any atom is 0.305 e. The van der Waals surface area contributed by atoms with Gasteiger partial charge in [0, 0.05) is 6.42 Å². The number of benzene rings is 1. The van der Waals surface area contributed by atoms with Gasteiger partial charge in [0.15, 0.2) is 5.82 Å². The average Bonchev–Trinajstić information content (AvgIpc) is 2.84. The van der Waals surface area contributed by atoms with Crippen molar-refractivity contribution in [2.45, 2.75) is 26.3 Å². The van der Waals surface area contributed by atoms with Crippen molar-refractivity contribution in [3.8, 4) is 5.75 Å². The third-order valence-electron chi connectivity index (χ3n) is 2.73. The normalized spacial score (nSPS) is 10.4. The fourth-order valence-electron chi connectivity index (χ4n) is 1.74. The Hall–Kier alpha value is -2.44. The molecule has 0 atom stereocenters. The minimum absolute atomic E-state index is 0.00320. The smallest absolute Gasteiger partial charge is 0.305 e. The van der Waals surface area contributed by atoms with Crippen LogP contribution in [0.15, 0.2) is 24.3 Å². The van der Waals surface area contributed by atoms with E-state index in [1.165, 1.54) is 4.68 Å². The summed E-state index contributed by atoms with van der Waals surface area (Å²) in [5.41, 5.74) is 1.13. The molecule has 0 saturated carbocycles. The summed E-state index contributed by atoms with van der Waals surface area (Å²) >= 11 is 0. The van der Waals surface area contributed by atoms with Crippen molar-refractivity contribution in [3.63, 3.8) is 0 Å². The van der Waals surface area contributed by atoms with Crippen LogP contribution in [-0.2, 0) is 17.8 Å². The van der Waals surface area contributed by atoms with E-state index in [1.54, 1.807) is 0 Å². The van der Waals surface area contributed by atoms with Gasteiger partial charge in [-0.1, -0.05) is 12.1 Å². The molecule has 1 N–H and O–H groups in total. The Labute approximate surface area is 116 Å². The van der Waals surface area contributed by atoms with E-state index in [1.807, 2.05) is 31.2 Å². The lowest BCUT2D eigenvalue weighted by Gasteiger charge is -2.06. The van der Waals surface area contributed by atoms with Gasteiger partial charge in [0.05, 0.1) is 19.6 Å². The molecule has 2 rings (SSSR count). The summed E-state index contributed by atoms with van der Waals surface area (Å²) in [6, 6.07) is 7.77. The molecule has 0 aliphatic heterocycles. The zero-order valence-corrected chi connectivity index (χ0v) is 11.2. The van der Waals surface area contributed by atoms with Crippen molar-refractivity contribution in [3.05, 3.63) is 35.7 Å². The van der Waals surface area contributed by atoms with E-state index in [0.717, 1.165) is 11.3 Å². The molecule has 0 spiro atoms. The van der Waals surface area contributed by atoms with Gasteiger partial charge in [-0.25, -0.2) is 4.68 Å². The Morgan fingerprint density at radius 1 is 1.45 bits per heavy atom. The van der Waals surface area contributed by atoms with Gasteiger partial charge in [-0.05, 0) is 35.0 Å². The minimum Gasteiger partial charge on any atom is -0.493 e. The second kappa shape index (κ2) is 6.65. The number of hydrogen-bond acceptors (Lipinski definition) is 5. The van der Waals surface area contributed by atoms with Crippen molar-refractivity contribution >= 4 is 5.97 Å². The maximum atomic E-state index is 10.5. The van der Waals surface area contributed by atoms with E-state index < -0.39 is 5.97 Å². The summed E-state index contributed by atoms with van der Waals surface area (Å²) in [5.74, 6) is 0.552. The van der Waals surface area contributed by atoms with E-state index in [4.69, 9.17) is 9.84 Å². The number of carboxylic acid groups (broad SMARTS) is 1. The molecule has 20 heavy (non-hydrogen) atoms. The molecule has 1 heterocycles. The molecular weight excluding hydrogens is 260 g/mol. The number of hydrogen-bond donors (Lipinski definition) is 1. The molecule has 7 heteroatoms. The molecule has 0 amide bonds. The first-order valence-corrected chi connectivity index (χ1v) is 6.31. The molecule has 7 nitrogen and oxygen atoms in total. The van der Waals surface area contributed by atoms with Gasteiger partial charge in [0.25, 0.3) is 0 Å². The molecule has 0 bridgehead atoms. The summed E-state index contributed by atoms with van der Waals surface area (Å²) in [6.07, 6.45) is 0.525. The number of ether oxygens (including phenoxy) is 1. The Kier molecular flexibility index (Phi) is 4.65. The largest absolute Gasteiger partial charge is 0.493 e. The standard InChI is InChI=1S/C13H16N4O3/c1-10-3-2-4-11(9-10)20-8-6-12-14-15-16-17(12)7-5-13(18)19/h2-4,9H,5-8H2,1H3,(H,18,19). The van der Waals surface area contributed by atoms with Gasteiger partial charge in [0.2, 0.25) is 0 Å². The van der Waals surface area contributed by atoms with Crippen molar-refractivity contribution in [2.24, 2.45) is 0 Å². The van der Waals surface area contributed by atoms with Crippen LogP contribution in [0.3, 0.4) is 0 Å². The number of aryl methyl sites for hydroxylation is 2. The number of tetrazole rings is 1. The highest BCUT2D eigenvalue weighted by Gasteiger charge is 2.08. The molecule has 0 aliphatic carbocycles. The SMILES string of the molecule is Cc1cccc(OCCc2nnnn2CCC(=O)O)c1. The molecule has 1 aromatic carbocycles. The third kappa shape index (κ3) is 4.04. The molecule has 0 saturated heterocycles. The highest BCUT2D eigenvalue weighted by Crippen LogP contribution is 2.12. The quantitative estimate of drug-likeness (QED) is 0.813. The predicted molar refractivity (Wildman–Crippen MR) is 70.4 cm³/mol. The van der Waals surface area contributed by atoms with Crippen molar-refractivity contribution in [1.29, 1.82) is 0 Å². The van der Waals surface area contributed by atoms with Gasteiger partial charge < -0.3 is 9.84 Å². The highest BCUT2D eigenvalue weighted by atomic mass is 16.5. The fraction of sp³-hybridized carbons (Fsp3) is 0.385. The molecule has 0 aliphatic rings. The number of rotatable bonds is 7. The molecule has 1 aromatic heterocycles. The number of aliphatic carboxylic acids is 1. The predicted octanol–water partition coefficient (Wildman–Crippen LogP) is 1.08. The lowest BCUT2D eigenvalue weighted by atomic mass is 10.2. The highest BCUT2D eigenvalue weighted by molar-refractivity contribution is 5.66. The first-order valence-electron chi connectivity index (χ1n) is 6.31. The molecular formula is C13H16N4O3. The number of carbonyl (C=O) groups is 1. The van der Waals surface area contributed by atoms with Crippen LogP contribution in [-0.4, -0.2) is 37.9 Å². The van der Waals surface area contributed by atoms with Crippen LogP contribution in [0.5, 0.6) is 5.75 Å². The monoisotopic (exact) mass is 276 g/mol. The summed E-state index contributed by atoms with van der Waals surface area (Å²) < 4.78 is 7.11. The topological polar surface area (TPSA) is 90.1 Å². The maximum absolute atomic E-state index is 10.5. The van der Waals surface area contributed by atoms with Crippen molar-refractivity contribution in [2.75, 3.05) is 6.61 Å². The van der Waals surface area contributed by atoms with E-state index in [0.29, 0.717) is 18.9 Å². The van der Waals surface area contributed by atoms with Crippen LogP contribution < -0.4 is 4.74 Å². The Morgan fingerprint density at radius 3 is 3.05 bits per heavy atom. The van der Waals surface area contributed by atoms with Crippen molar-refractivity contribution < 1.29 is 14.6 Å². The summed E-state index contributed by atoms with van der Waals surface area (Å²) in [5, 5.41) is 19.8. The molecule has 0 unspecified atom stereocenters.